The Balaban J connectivity index is 1.66. The maximum atomic E-state index is 8.65. The molecule has 1 aliphatic heterocycles. The molecule has 6 nitrogen and oxygen atoms in total. The topological polar surface area (TPSA) is 73.5 Å². The fraction of sp³-hybridized carbons (Fsp3) is 0.450. The number of pyridine rings is 1. The molecule has 0 unspecified atom stereocenters. The number of rotatable bonds is 6. The smallest absolute Gasteiger partial charge is 0.183 e. The van der Waals surface area contributed by atoms with E-state index in [1.54, 1.807) is 0 Å². The Morgan fingerprint density at radius 1 is 1.30 bits per heavy atom. The van der Waals surface area contributed by atoms with Crippen molar-refractivity contribution in [3.05, 3.63) is 30.5 Å². The number of amidine groups is 1. The van der Waals surface area contributed by atoms with Crippen LogP contribution in [0.4, 0.5) is 5.82 Å². The molecule has 142 valence electrons. The number of aliphatic imine (C=N–C) groups is 1. The molecule has 3 rings (SSSR count). The second-order valence-corrected chi connectivity index (χ2v) is 7.16. The summed E-state index contributed by atoms with van der Waals surface area (Å²) in [6.07, 6.45) is 10.2. The number of benzene rings is 1. The quantitative estimate of drug-likeness (QED) is 0.269. The number of piperidine rings is 1. The Labute approximate surface area is 164 Å². The van der Waals surface area contributed by atoms with E-state index in [1.807, 2.05) is 36.8 Å². The van der Waals surface area contributed by atoms with Crippen molar-refractivity contribution in [2.24, 2.45) is 4.99 Å². The number of aromatic nitrogens is 1. The number of nitriles is 1. The Hall–Kier alpha value is -2.46. The van der Waals surface area contributed by atoms with Gasteiger partial charge in [0.2, 0.25) is 0 Å². The third-order valence-corrected chi connectivity index (χ3v) is 5.19. The molecule has 1 saturated heterocycles. The van der Waals surface area contributed by atoms with Gasteiger partial charge in [0, 0.05) is 43.0 Å². The third kappa shape index (κ3) is 5.04. The lowest BCUT2D eigenvalue weighted by molar-refractivity contribution is 0.317. The van der Waals surface area contributed by atoms with Crippen LogP contribution in [-0.4, -0.2) is 42.6 Å². The number of hydrogen-bond acceptors (Lipinski definition) is 6. The molecule has 0 amide bonds. The molecule has 27 heavy (non-hydrogen) atoms. The summed E-state index contributed by atoms with van der Waals surface area (Å²) in [6.45, 7) is 3.35. The van der Waals surface area contributed by atoms with Gasteiger partial charge in [-0.25, -0.2) is 4.98 Å². The van der Waals surface area contributed by atoms with Crippen molar-refractivity contribution in [2.45, 2.75) is 25.7 Å². The highest BCUT2D eigenvalue weighted by Gasteiger charge is 2.15. The van der Waals surface area contributed by atoms with Gasteiger partial charge < -0.3 is 9.64 Å². The van der Waals surface area contributed by atoms with Gasteiger partial charge in [0.05, 0.1) is 6.61 Å². The summed E-state index contributed by atoms with van der Waals surface area (Å²) in [6, 6.07) is 8.20. The average Bonchev–Trinajstić information content (AvgIpc) is 2.73. The molecular formula is C20H25N5OS. The second-order valence-electron chi connectivity index (χ2n) is 6.36. The Kier molecular flexibility index (Phi) is 7.17. The first kappa shape index (κ1) is 19.3. The molecule has 0 aliphatic carbocycles. The average molecular weight is 384 g/mol. The first-order valence-corrected chi connectivity index (χ1v) is 10.5. The van der Waals surface area contributed by atoms with E-state index in [2.05, 4.69) is 26.3 Å². The van der Waals surface area contributed by atoms with Crippen LogP contribution in [0.25, 0.3) is 10.8 Å². The van der Waals surface area contributed by atoms with Gasteiger partial charge in [-0.2, -0.15) is 5.26 Å². The molecule has 1 aliphatic rings. The fourth-order valence-corrected chi connectivity index (χ4v) is 3.64. The minimum atomic E-state index is 0.582. The van der Waals surface area contributed by atoms with Crippen LogP contribution in [0, 0.1) is 11.5 Å². The van der Waals surface area contributed by atoms with Crippen molar-refractivity contribution in [3.8, 4) is 11.9 Å². The van der Waals surface area contributed by atoms with Gasteiger partial charge in [-0.15, -0.1) is 0 Å². The summed E-state index contributed by atoms with van der Waals surface area (Å²) in [4.78, 5) is 11.4. The molecule has 0 spiro atoms. The number of thioether (sulfide) groups is 1. The van der Waals surface area contributed by atoms with E-state index in [9.17, 15) is 0 Å². The van der Waals surface area contributed by atoms with Crippen LogP contribution in [0.1, 0.15) is 25.7 Å². The zero-order chi connectivity index (χ0) is 18.9. The van der Waals surface area contributed by atoms with Crippen molar-refractivity contribution in [1.82, 2.24) is 10.3 Å². The van der Waals surface area contributed by atoms with Crippen LogP contribution in [-0.2, 0) is 0 Å². The van der Waals surface area contributed by atoms with Gasteiger partial charge in [0.25, 0.3) is 0 Å². The molecule has 1 N–H and O–H groups in total. The van der Waals surface area contributed by atoms with Crippen LogP contribution in [0.2, 0.25) is 0 Å². The maximum Gasteiger partial charge on any atom is 0.183 e. The van der Waals surface area contributed by atoms with Crippen molar-refractivity contribution < 1.29 is 4.74 Å². The molecule has 1 fully saturated rings. The highest BCUT2D eigenvalue weighted by Crippen LogP contribution is 2.32. The minimum Gasteiger partial charge on any atom is -0.493 e. The molecule has 1 aromatic carbocycles. The van der Waals surface area contributed by atoms with Crippen molar-refractivity contribution in [2.75, 3.05) is 37.4 Å². The zero-order valence-corrected chi connectivity index (χ0v) is 16.5. The number of nitrogens with one attached hydrogen (secondary N) is 1. The van der Waals surface area contributed by atoms with Gasteiger partial charge in [-0.05, 0) is 37.7 Å². The lowest BCUT2D eigenvalue weighted by Gasteiger charge is -2.28. The highest BCUT2D eigenvalue weighted by atomic mass is 32.2. The number of fused-ring (bicyclic) bond motifs is 1. The van der Waals surface area contributed by atoms with E-state index in [4.69, 9.17) is 10.00 Å². The first-order chi connectivity index (χ1) is 13.3. The highest BCUT2D eigenvalue weighted by molar-refractivity contribution is 8.13. The lowest BCUT2D eigenvalue weighted by Crippen LogP contribution is -2.30. The molecule has 1 aromatic heterocycles. The Morgan fingerprint density at radius 2 is 2.15 bits per heavy atom. The predicted molar refractivity (Wildman–Crippen MR) is 112 cm³/mol. The maximum absolute atomic E-state index is 8.65. The van der Waals surface area contributed by atoms with E-state index < -0.39 is 0 Å². The van der Waals surface area contributed by atoms with Gasteiger partial charge in [0.15, 0.2) is 11.4 Å². The summed E-state index contributed by atoms with van der Waals surface area (Å²) < 4.78 is 6.03. The molecule has 7 heteroatoms. The number of anilines is 1. The SMILES string of the molecule is CS/C(=N\CCCOc1cccc2c(N3CCCCC3)nccc12)NC#N. The van der Waals surface area contributed by atoms with Crippen molar-refractivity contribution in [1.29, 1.82) is 5.26 Å². The van der Waals surface area contributed by atoms with E-state index in [1.165, 1.54) is 31.0 Å². The third-order valence-electron chi connectivity index (χ3n) is 4.57. The largest absolute Gasteiger partial charge is 0.493 e. The lowest BCUT2D eigenvalue weighted by atomic mass is 10.1. The van der Waals surface area contributed by atoms with Gasteiger partial charge in [0.1, 0.15) is 11.6 Å². The zero-order valence-electron chi connectivity index (χ0n) is 15.6. The predicted octanol–water partition coefficient (Wildman–Crippen LogP) is 3.78. The summed E-state index contributed by atoms with van der Waals surface area (Å²) >= 11 is 1.43. The first-order valence-electron chi connectivity index (χ1n) is 9.32. The molecular weight excluding hydrogens is 358 g/mol. The monoisotopic (exact) mass is 383 g/mol. The van der Waals surface area contributed by atoms with Crippen LogP contribution < -0.4 is 15.0 Å². The number of ether oxygens (including phenoxy) is 1. The van der Waals surface area contributed by atoms with Crippen LogP contribution >= 0.6 is 11.8 Å². The summed E-state index contributed by atoms with van der Waals surface area (Å²) in [5.74, 6) is 1.95. The minimum absolute atomic E-state index is 0.582. The summed E-state index contributed by atoms with van der Waals surface area (Å²) in [7, 11) is 0. The van der Waals surface area contributed by atoms with Crippen LogP contribution in [0.3, 0.4) is 0 Å². The van der Waals surface area contributed by atoms with Gasteiger partial charge >= 0.3 is 0 Å². The van der Waals surface area contributed by atoms with Crippen LogP contribution in [0.15, 0.2) is 35.5 Å². The van der Waals surface area contributed by atoms with Crippen molar-refractivity contribution in [3.63, 3.8) is 0 Å². The van der Waals surface area contributed by atoms with Gasteiger partial charge in [-0.1, -0.05) is 23.9 Å². The molecule has 2 aromatic rings. The Bertz CT molecular complexity index is 827. The van der Waals surface area contributed by atoms with E-state index >= 15 is 0 Å². The fourth-order valence-electron chi connectivity index (χ4n) is 3.28. The van der Waals surface area contributed by atoms with Crippen LogP contribution in [0.5, 0.6) is 5.75 Å². The summed E-state index contributed by atoms with van der Waals surface area (Å²) in [5, 5.41) is 14.1. The normalized spacial score (nSPS) is 14.8. The molecule has 0 atom stereocenters. The van der Waals surface area contributed by atoms with Gasteiger partial charge in [-0.3, -0.25) is 10.3 Å². The van der Waals surface area contributed by atoms with E-state index in [0.29, 0.717) is 18.3 Å². The van der Waals surface area contributed by atoms with E-state index in [-0.39, 0.29) is 0 Å². The standard InChI is InChI=1S/C20H25N5OS/c1-27-20(24-15-21)23-10-6-14-26-18-8-5-7-17-16(18)9-11-22-19(17)25-12-3-2-4-13-25/h5,7-9,11H,2-4,6,10,12-14H2,1H3,(H,23,24). The number of nitrogens with zero attached hydrogens (tertiary/aromatic N) is 4. The summed E-state index contributed by atoms with van der Waals surface area (Å²) in [5.41, 5.74) is 0. The molecule has 0 bridgehead atoms. The number of hydrogen-bond donors (Lipinski definition) is 1. The molecule has 0 radical (unpaired) electrons. The molecule has 2 heterocycles. The van der Waals surface area contributed by atoms with E-state index in [0.717, 1.165) is 41.9 Å². The Morgan fingerprint density at radius 3 is 2.93 bits per heavy atom. The molecule has 0 saturated carbocycles. The van der Waals surface area contributed by atoms with Crippen molar-refractivity contribution >= 4 is 33.5 Å². The second kappa shape index (κ2) is 10.0.